The van der Waals surface area contributed by atoms with Crippen molar-refractivity contribution in [3.05, 3.63) is 29.8 Å². The first-order valence-corrected chi connectivity index (χ1v) is 7.91. The number of nitrogens with zero attached hydrogens (tertiary/aromatic N) is 1. The molecule has 0 radical (unpaired) electrons. The minimum absolute atomic E-state index is 0. The Hall–Kier alpha value is -0.810. The van der Waals surface area contributed by atoms with Crippen LogP contribution in [0.4, 0.5) is 5.69 Å². The Morgan fingerprint density at radius 1 is 1.30 bits per heavy atom. The smallest absolute Gasteiger partial charge is 0.231 e. The quantitative estimate of drug-likeness (QED) is 0.816. The van der Waals surface area contributed by atoms with E-state index in [2.05, 4.69) is 41.5 Å². The average molecular weight is 362 g/mol. The van der Waals surface area contributed by atoms with Crippen LogP contribution >= 0.6 is 24.8 Å². The van der Waals surface area contributed by atoms with E-state index in [0.29, 0.717) is 0 Å². The zero-order valence-electron chi connectivity index (χ0n) is 14.2. The van der Waals surface area contributed by atoms with Crippen LogP contribution in [0.5, 0.6) is 0 Å². The molecule has 23 heavy (non-hydrogen) atoms. The molecule has 2 N–H and O–H groups in total. The molecule has 4 nitrogen and oxygen atoms in total. The third kappa shape index (κ3) is 5.96. The van der Waals surface area contributed by atoms with Crippen molar-refractivity contribution in [2.24, 2.45) is 5.41 Å². The van der Waals surface area contributed by atoms with Gasteiger partial charge in [0.05, 0.1) is 5.41 Å². The number of carbonyl (C=O) groups excluding carboxylic acids is 1. The first kappa shape index (κ1) is 22.2. The third-order valence-corrected chi connectivity index (χ3v) is 4.40. The molecule has 0 spiro atoms. The minimum atomic E-state index is -0.283. The summed E-state index contributed by atoms with van der Waals surface area (Å²) < 4.78 is 0. The highest BCUT2D eigenvalue weighted by atomic mass is 35.5. The van der Waals surface area contributed by atoms with Crippen LogP contribution in [0.3, 0.4) is 0 Å². The van der Waals surface area contributed by atoms with Crippen LogP contribution in [0, 0.1) is 5.41 Å². The van der Waals surface area contributed by atoms with Gasteiger partial charge in [0.2, 0.25) is 5.91 Å². The lowest BCUT2D eigenvalue weighted by Gasteiger charge is -2.22. The van der Waals surface area contributed by atoms with Crippen LogP contribution in [0.1, 0.15) is 32.8 Å². The SMILES string of the molecule is CCN(CC)Cc1cccc(NC(=O)C2(C)CCNC2)c1.Cl.Cl. The highest BCUT2D eigenvalue weighted by Gasteiger charge is 2.36. The Kier molecular flexibility index (Phi) is 9.78. The van der Waals surface area contributed by atoms with Crippen molar-refractivity contribution in [2.75, 3.05) is 31.5 Å². The summed E-state index contributed by atoms with van der Waals surface area (Å²) in [6.07, 6.45) is 0.901. The Morgan fingerprint density at radius 2 is 2.00 bits per heavy atom. The lowest BCUT2D eigenvalue weighted by molar-refractivity contribution is -0.123. The molecule has 1 aromatic carbocycles. The number of carbonyl (C=O) groups is 1. The van der Waals surface area contributed by atoms with Crippen LogP contribution in [0.2, 0.25) is 0 Å². The van der Waals surface area contributed by atoms with Crippen molar-refractivity contribution in [1.82, 2.24) is 10.2 Å². The van der Waals surface area contributed by atoms with Crippen molar-refractivity contribution in [2.45, 2.75) is 33.7 Å². The summed E-state index contributed by atoms with van der Waals surface area (Å²) >= 11 is 0. The van der Waals surface area contributed by atoms with E-state index in [1.54, 1.807) is 0 Å². The second kappa shape index (κ2) is 10.1. The van der Waals surface area contributed by atoms with Crippen LogP contribution in [0.15, 0.2) is 24.3 Å². The first-order valence-electron chi connectivity index (χ1n) is 7.91. The summed E-state index contributed by atoms with van der Waals surface area (Å²) in [7, 11) is 0. The highest BCUT2D eigenvalue weighted by Crippen LogP contribution is 2.26. The van der Waals surface area contributed by atoms with Crippen LogP contribution in [-0.2, 0) is 11.3 Å². The maximum atomic E-state index is 12.4. The monoisotopic (exact) mass is 361 g/mol. The normalized spacial score (nSPS) is 19.8. The number of halogens is 2. The van der Waals surface area contributed by atoms with Gasteiger partial charge < -0.3 is 10.6 Å². The van der Waals surface area contributed by atoms with E-state index in [1.165, 1.54) is 5.56 Å². The van der Waals surface area contributed by atoms with Gasteiger partial charge in [0.1, 0.15) is 0 Å². The fourth-order valence-corrected chi connectivity index (χ4v) is 2.75. The average Bonchev–Trinajstić information content (AvgIpc) is 2.93. The predicted molar refractivity (Wildman–Crippen MR) is 102 cm³/mol. The number of hydrogen-bond acceptors (Lipinski definition) is 3. The van der Waals surface area contributed by atoms with E-state index in [1.807, 2.05) is 19.1 Å². The highest BCUT2D eigenvalue weighted by molar-refractivity contribution is 5.95. The van der Waals surface area contributed by atoms with Crippen LogP contribution in [0.25, 0.3) is 0 Å². The number of anilines is 1. The summed E-state index contributed by atoms with van der Waals surface area (Å²) in [4.78, 5) is 14.8. The Bertz CT molecular complexity index is 486. The molecule has 132 valence electrons. The molecule has 0 aromatic heterocycles. The second-order valence-electron chi connectivity index (χ2n) is 6.10. The molecule has 1 saturated heterocycles. The van der Waals surface area contributed by atoms with Gasteiger partial charge >= 0.3 is 0 Å². The molecule has 1 aliphatic rings. The summed E-state index contributed by atoms with van der Waals surface area (Å²) in [6.45, 7) is 11.1. The zero-order valence-corrected chi connectivity index (χ0v) is 15.9. The summed E-state index contributed by atoms with van der Waals surface area (Å²) in [6, 6.07) is 8.19. The number of benzene rings is 1. The van der Waals surface area contributed by atoms with Gasteiger partial charge in [0, 0.05) is 18.8 Å². The van der Waals surface area contributed by atoms with Crippen molar-refractivity contribution in [3.63, 3.8) is 0 Å². The molecule has 1 heterocycles. The lowest BCUT2D eigenvalue weighted by atomic mass is 9.88. The number of nitrogens with one attached hydrogen (secondary N) is 2. The molecule has 1 fully saturated rings. The maximum Gasteiger partial charge on any atom is 0.231 e. The molecular formula is C17H29Cl2N3O. The maximum absolute atomic E-state index is 12.4. The first-order chi connectivity index (χ1) is 10.1. The third-order valence-electron chi connectivity index (χ3n) is 4.40. The number of rotatable bonds is 6. The van der Waals surface area contributed by atoms with Gasteiger partial charge in [-0.15, -0.1) is 24.8 Å². The van der Waals surface area contributed by atoms with Gasteiger partial charge in [-0.1, -0.05) is 26.0 Å². The standard InChI is InChI=1S/C17H27N3O.2ClH/c1-4-20(5-2)12-14-7-6-8-15(11-14)19-16(21)17(3)9-10-18-13-17;;/h6-8,11,18H,4-5,9-10,12-13H2,1-3H3,(H,19,21);2*1H. The molecular weight excluding hydrogens is 333 g/mol. The van der Waals surface area contributed by atoms with Crippen molar-refractivity contribution in [3.8, 4) is 0 Å². The molecule has 1 aromatic rings. The van der Waals surface area contributed by atoms with Gasteiger partial charge in [-0.3, -0.25) is 9.69 Å². The van der Waals surface area contributed by atoms with Crippen LogP contribution in [-0.4, -0.2) is 37.0 Å². The van der Waals surface area contributed by atoms with Gasteiger partial charge in [-0.05, 0) is 50.7 Å². The fourth-order valence-electron chi connectivity index (χ4n) is 2.75. The molecule has 1 amide bonds. The van der Waals surface area contributed by atoms with Gasteiger partial charge in [-0.2, -0.15) is 0 Å². The van der Waals surface area contributed by atoms with E-state index in [4.69, 9.17) is 0 Å². The topological polar surface area (TPSA) is 44.4 Å². The Balaban J connectivity index is 0.00000242. The molecule has 1 unspecified atom stereocenters. The largest absolute Gasteiger partial charge is 0.326 e. The van der Waals surface area contributed by atoms with Crippen LogP contribution < -0.4 is 10.6 Å². The molecule has 0 saturated carbocycles. The molecule has 1 atom stereocenters. The fraction of sp³-hybridized carbons (Fsp3) is 0.588. The molecule has 2 rings (SSSR count). The predicted octanol–water partition coefficient (Wildman–Crippen LogP) is 3.31. The lowest BCUT2D eigenvalue weighted by Crippen LogP contribution is -2.35. The van der Waals surface area contributed by atoms with Gasteiger partial charge in [0.25, 0.3) is 0 Å². The Morgan fingerprint density at radius 3 is 2.57 bits per heavy atom. The van der Waals surface area contributed by atoms with Gasteiger partial charge in [0.15, 0.2) is 0 Å². The minimum Gasteiger partial charge on any atom is -0.326 e. The van der Waals surface area contributed by atoms with E-state index in [-0.39, 0.29) is 36.1 Å². The van der Waals surface area contributed by atoms with Crippen molar-refractivity contribution < 1.29 is 4.79 Å². The molecule has 6 heteroatoms. The van der Waals surface area contributed by atoms with E-state index in [9.17, 15) is 4.79 Å². The molecule has 0 aliphatic carbocycles. The molecule has 1 aliphatic heterocycles. The van der Waals surface area contributed by atoms with Gasteiger partial charge in [-0.25, -0.2) is 0 Å². The number of amides is 1. The Labute approximate surface area is 152 Å². The molecule has 0 bridgehead atoms. The summed E-state index contributed by atoms with van der Waals surface area (Å²) in [5, 5.41) is 6.34. The van der Waals surface area contributed by atoms with E-state index >= 15 is 0 Å². The van der Waals surface area contributed by atoms with Crippen molar-refractivity contribution in [1.29, 1.82) is 0 Å². The second-order valence-corrected chi connectivity index (χ2v) is 6.10. The summed E-state index contributed by atoms with van der Waals surface area (Å²) in [5.74, 6) is 0.118. The summed E-state index contributed by atoms with van der Waals surface area (Å²) in [5.41, 5.74) is 1.86. The zero-order chi connectivity index (χ0) is 15.3. The van der Waals surface area contributed by atoms with Crippen molar-refractivity contribution >= 4 is 36.4 Å². The number of hydrogen-bond donors (Lipinski definition) is 2. The van der Waals surface area contributed by atoms with E-state index < -0.39 is 0 Å². The van der Waals surface area contributed by atoms with E-state index in [0.717, 1.165) is 44.8 Å².